The molecule has 2 aliphatic rings. The number of nitrogens with two attached hydrogens (primary N) is 1. The first-order valence-electron chi connectivity index (χ1n) is 5.60. The molecular formula is C12H10N2O5. The highest BCUT2D eigenvalue weighted by Crippen LogP contribution is 2.24. The largest absolute Gasteiger partial charge is 0.376 e. The molecule has 0 aromatic heterocycles. The smallest absolute Gasteiger partial charge is 0.357 e. The van der Waals surface area contributed by atoms with E-state index in [1.165, 1.54) is 12.1 Å². The van der Waals surface area contributed by atoms with Gasteiger partial charge in [-0.3, -0.25) is 9.59 Å². The topological polar surface area (TPSA) is 98.9 Å². The van der Waals surface area contributed by atoms with Crippen LogP contribution in [0.1, 0.15) is 20.7 Å². The van der Waals surface area contributed by atoms with E-state index in [4.69, 9.17) is 15.3 Å². The van der Waals surface area contributed by atoms with Crippen LogP contribution in [0.15, 0.2) is 24.3 Å². The Bertz CT molecular complexity index is 559. The number of hydroxylamine groups is 2. The van der Waals surface area contributed by atoms with E-state index >= 15 is 0 Å². The van der Waals surface area contributed by atoms with Gasteiger partial charge in [-0.1, -0.05) is 17.2 Å². The number of rotatable bonds is 2. The van der Waals surface area contributed by atoms with Crippen molar-refractivity contribution in [3.05, 3.63) is 35.4 Å². The molecule has 7 heteroatoms. The summed E-state index contributed by atoms with van der Waals surface area (Å²) in [6, 6.07) is 6.24. The first-order valence-corrected chi connectivity index (χ1v) is 5.60. The van der Waals surface area contributed by atoms with E-state index in [1.54, 1.807) is 12.1 Å². The minimum atomic E-state index is -1.28. The van der Waals surface area contributed by atoms with Crippen LogP contribution in [0, 0.1) is 0 Å². The molecule has 19 heavy (non-hydrogen) atoms. The average molecular weight is 262 g/mol. The van der Waals surface area contributed by atoms with Gasteiger partial charge < -0.3 is 15.3 Å². The Morgan fingerprint density at radius 2 is 1.74 bits per heavy atom. The highest BCUT2D eigenvalue weighted by atomic mass is 16.7. The molecule has 0 unspecified atom stereocenters. The predicted molar refractivity (Wildman–Crippen MR) is 60.8 cm³/mol. The number of ether oxygens (including phenoxy) is 1. The Hall–Kier alpha value is -2.25. The zero-order valence-corrected chi connectivity index (χ0v) is 9.79. The molecule has 0 saturated carbocycles. The molecule has 0 spiro atoms. The summed E-state index contributed by atoms with van der Waals surface area (Å²) in [5.41, 5.74) is 4.80. The van der Waals surface area contributed by atoms with Crippen molar-refractivity contribution in [1.82, 2.24) is 5.06 Å². The normalized spacial score (nSPS) is 19.9. The first-order chi connectivity index (χ1) is 9.03. The van der Waals surface area contributed by atoms with Crippen LogP contribution < -0.4 is 5.73 Å². The number of benzene rings is 1. The molecule has 1 fully saturated rings. The number of fused-ring (bicyclic) bond motifs is 1. The molecule has 3 rings (SSSR count). The van der Waals surface area contributed by atoms with Crippen molar-refractivity contribution in [1.29, 1.82) is 0 Å². The van der Waals surface area contributed by atoms with Crippen LogP contribution in [0.25, 0.3) is 0 Å². The number of carbonyl (C=O) groups is 3. The molecule has 2 heterocycles. The van der Waals surface area contributed by atoms with Crippen LogP contribution in [0.4, 0.5) is 0 Å². The van der Waals surface area contributed by atoms with Gasteiger partial charge >= 0.3 is 5.97 Å². The Morgan fingerprint density at radius 1 is 1.21 bits per heavy atom. The summed E-state index contributed by atoms with van der Waals surface area (Å²) in [7, 11) is 0. The van der Waals surface area contributed by atoms with Gasteiger partial charge in [-0.05, 0) is 12.1 Å². The monoisotopic (exact) mass is 262 g/mol. The SMILES string of the molecule is NC1(C(=O)ON2C(=O)c3ccccc3C2=O)COC1. The van der Waals surface area contributed by atoms with Gasteiger partial charge in [-0.15, -0.1) is 0 Å². The van der Waals surface area contributed by atoms with Crippen molar-refractivity contribution in [2.45, 2.75) is 5.54 Å². The molecule has 1 saturated heterocycles. The van der Waals surface area contributed by atoms with Gasteiger partial charge in [0.1, 0.15) is 0 Å². The van der Waals surface area contributed by atoms with Gasteiger partial charge in [0.25, 0.3) is 11.8 Å². The van der Waals surface area contributed by atoms with Gasteiger partial charge in [0.05, 0.1) is 24.3 Å². The van der Waals surface area contributed by atoms with E-state index in [0.717, 1.165) is 0 Å². The summed E-state index contributed by atoms with van der Waals surface area (Å²) in [5, 5.41) is 0.444. The highest BCUT2D eigenvalue weighted by molar-refractivity contribution is 6.21. The molecule has 0 bridgehead atoms. The maximum atomic E-state index is 11.9. The molecular weight excluding hydrogens is 252 g/mol. The van der Waals surface area contributed by atoms with Gasteiger partial charge in [-0.25, -0.2) is 4.79 Å². The van der Waals surface area contributed by atoms with Crippen molar-refractivity contribution in [3.8, 4) is 0 Å². The van der Waals surface area contributed by atoms with Crippen molar-refractivity contribution < 1.29 is 24.0 Å². The Morgan fingerprint density at radius 3 is 2.16 bits per heavy atom. The van der Waals surface area contributed by atoms with Gasteiger partial charge in [0.2, 0.25) is 0 Å². The third-order valence-electron chi connectivity index (χ3n) is 3.06. The maximum Gasteiger partial charge on any atom is 0.357 e. The molecule has 1 aromatic carbocycles. The highest BCUT2D eigenvalue weighted by Gasteiger charge is 2.47. The number of imide groups is 1. The Labute approximate surface area is 107 Å². The van der Waals surface area contributed by atoms with Crippen LogP contribution in [-0.4, -0.2) is 41.6 Å². The second kappa shape index (κ2) is 3.87. The fourth-order valence-electron chi connectivity index (χ4n) is 1.86. The quantitative estimate of drug-likeness (QED) is 0.719. The fourth-order valence-corrected chi connectivity index (χ4v) is 1.86. The van der Waals surface area contributed by atoms with Gasteiger partial charge in [0, 0.05) is 0 Å². The minimum Gasteiger partial charge on any atom is -0.376 e. The van der Waals surface area contributed by atoms with Crippen molar-refractivity contribution >= 4 is 17.8 Å². The molecule has 2 amide bonds. The summed E-state index contributed by atoms with van der Waals surface area (Å²) in [5.74, 6) is -2.19. The molecule has 1 aromatic rings. The molecule has 0 radical (unpaired) electrons. The lowest BCUT2D eigenvalue weighted by Gasteiger charge is -2.35. The molecule has 0 aliphatic carbocycles. The van der Waals surface area contributed by atoms with E-state index in [-0.39, 0.29) is 24.3 Å². The Balaban J connectivity index is 1.83. The minimum absolute atomic E-state index is 0.00893. The van der Waals surface area contributed by atoms with Crippen molar-refractivity contribution in [2.24, 2.45) is 5.73 Å². The van der Waals surface area contributed by atoms with Crippen LogP contribution in [-0.2, 0) is 14.4 Å². The molecule has 2 aliphatic heterocycles. The van der Waals surface area contributed by atoms with E-state index in [9.17, 15) is 14.4 Å². The van der Waals surface area contributed by atoms with Crippen LogP contribution in [0.2, 0.25) is 0 Å². The summed E-state index contributed by atoms with van der Waals surface area (Å²) in [6.45, 7) is 0.0179. The molecule has 7 nitrogen and oxygen atoms in total. The van der Waals surface area contributed by atoms with E-state index < -0.39 is 23.3 Å². The molecule has 0 atom stereocenters. The lowest BCUT2D eigenvalue weighted by molar-refractivity contribution is -0.191. The van der Waals surface area contributed by atoms with Crippen molar-refractivity contribution in [2.75, 3.05) is 13.2 Å². The predicted octanol–water partition coefficient (Wildman–Crippen LogP) is -0.532. The zero-order valence-electron chi connectivity index (χ0n) is 9.79. The van der Waals surface area contributed by atoms with E-state index in [2.05, 4.69) is 0 Å². The van der Waals surface area contributed by atoms with E-state index in [0.29, 0.717) is 5.06 Å². The first kappa shape index (κ1) is 11.8. The lowest BCUT2D eigenvalue weighted by Crippen LogP contribution is -2.64. The number of amides is 2. The average Bonchev–Trinajstić information content (AvgIpc) is 2.62. The Kier molecular flexibility index (Phi) is 2.41. The van der Waals surface area contributed by atoms with E-state index in [1.807, 2.05) is 0 Å². The zero-order chi connectivity index (χ0) is 13.6. The maximum absolute atomic E-state index is 11.9. The summed E-state index contributed by atoms with van der Waals surface area (Å²) < 4.78 is 4.82. The summed E-state index contributed by atoms with van der Waals surface area (Å²) >= 11 is 0. The summed E-state index contributed by atoms with van der Waals surface area (Å²) in [4.78, 5) is 40.5. The van der Waals surface area contributed by atoms with Crippen LogP contribution >= 0.6 is 0 Å². The summed E-state index contributed by atoms with van der Waals surface area (Å²) in [6.07, 6.45) is 0. The number of nitrogens with zero attached hydrogens (tertiary/aromatic N) is 1. The number of carbonyl (C=O) groups excluding carboxylic acids is 3. The molecule has 2 N–H and O–H groups in total. The van der Waals surface area contributed by atoms with Crippen LogP contribution in [0.5, 0.6) is 0 Å². The standard InChI is InChI=1S/C12H10N2O5/c13-12(5-18-6-12)11(17)19-14-9(15)7-3-1-2-4-8(7)10(14)16/h1-4H,5-6,13H2. The van der Waals surface area contributed by atoms with Crippen LogP contribution in [0.3, 0.4) is 0 Å². The second-order valence-electron chi connectivity index (χ2n) is 4.48. The molecule has 98 valence electrons. The third kappa shape index (κ3) is 1.63. The fraction of sp³-hybridized carbons (Fsp3) is 0.250. The number of hydrogen-bond acceptors (Lipinski definition) is 6. The van der Waals surface area contributed by atoms with Gasteiger partial charge in [0.15, 0.2) is 5.54 Å². The number of hydrogen-bond donors (Lipinski definition) is 1. The van der Waals surface area contributed by atoms with Gasteiger partial charge in [-0.2, -0.15) is 0 Å². The second-order valence-corrected chi connectivity index (χ2v) is 4.48. The lowest BCUT2D eigenvalue weighted by atomic mass is 10.0. The van der Waals surface area contributed by atoms with Crippen molar-refractivity contribution in [3.63, 3.8) is 0 Å². The third-order valence-corrected chi connectivity index (χ3v) is 3.06.